The Hall–Kier alpha value is -0.870. The molecule has 0 saturated carbocycles. The van der Waals surface area contributed by atoms with Crippen LogP contribution in [0.25, 0.3) is 0 Å². The summed E-state index contributed by atoms with van der Waals surface area (Å²) >= 11 is 0. The number of aromatic nitrogens is 2. The third-order valence-electron chi connectivity index (χ3n) is 4.03. The first-order chi connectivity index (χ1) is 9.10. The van der Waals surface area contributed by atoms with E-state index in [0.29, 0.717) is 12.0 Å². The van der Waals surface area contributed by atoms with Gasteiger partial charge in [-0.05, 0) is 19.4 Å². The number of hydrogen-bond donors (Lipinski definition) is 0. The average molecular weight is 264 g/mol. The van der Waals surface area contributed by atoms with E-state index in [1.165, 1.54) is 18.7 Å². The van der Waals surface area contributed by atoms with E-state index >= 15 is 0 Å². The highest BCUT2D eigenvalue weighted by molar-refractivity contribution is 5.04. The first-order valence-corrected chi connectivity index (χ1v) is 7.54. The van der Waals surface area contributed by atoms with Gasteiger partial charge in [-0.15, -0.1) is 0 Å². The van der Waals surface area contributed by atoms with Crippen LogP contribution in [0.4, 0.5) is 0 Å². The van der Waals surface area contributed by atoms with Crippen LogP contribution in [0.5, 0.6) is 0 Å². The maximum absolute atomic E-state index is 4.44. The second kappa shape index (κ2) is 6.53. The van der Waals surface area contributed by atoms with Crippen molar-refractivity contribution in [2.75, 3.05) is 26.7 Å². The quantitative estimate of drug-likeness (QED) is 0.813. The molecule has 108 valence electrons. The first kappa shape index (κ1) is 14.5. The Morgan fingerprint density at radius 2 is 2.16 bits per heavy atom. The highest BCUT2D eigenvalue weighted by atomic mass is 15.3. The molecular formula is C15H28N4. The zero-order valence-corrected chi connectivity index (χ0v) is 12.8. The minimum Gasteiger partial charge on any atom is -0.304 e. The van der Waals surface area contributed by atoms with E-state index in [0.717, 1.165) is 26.1 Å². The van der Waals surface area contributed by atoms with Gasteiger partial charge in [-0.3, -0.25) is 9.58 Å². The highest BCUT2D eigenvalue weighted by Crippen LogP contribution is 2.19. The van der Waals surface area contributed by atoms with E-state index in [9.17, 15) is 0 Å². The fourth-order valence-electron chi connectivity index (χ4n) is 2.89. The van der Waals surface area contributed by atoms with Crippen molar-refractivity contribution in [3.8, 4) is 0 Å². The zero-order chi connectivity index (χ0) is 13.8. The first-order valence-electron chi connectivity index (χ1n) is 7.54. The summed E-state index contributed by atoms with van der Waals surface area (Å²) in [6.45, 7) is 12.4. The van der Waals surface area contributed by atoms with Gasteiger partial charge in [0.05, 0.1) is 6.20 Å². The predicted molar refractivity (Wildman–Crippen MR) is 79.1 cm³/mol. The zero-order valence-electron chi connectivity index (χ0n) is 12.8. The Labute approximate surface area is 117 Å². The topological polar surface area (TPSA) is 24.3 Å². The van der Waals surface area contributed by atoms with Crippen molar-refractivity contribution < 1.29 is 0 Å². The van der Waals surface area contributed by atoms with Crippen LogP contribution in [0, 0.1) is 5.92 Å². The molecule has 1 saturated heterocycles. The molecule has 1 aromatic rings. The Morgan fingerprint density at radius 3 is 2.84 bits per heavy atom. The second-order valence-corrected chi connectivity index (χ2v) is 6.16. The van der Waals surface area contributed by atoms with Crippen LogP contribution in [0.2, 0.25) is 0 Å². The molecular weight excluding hydrogens is 236 g/mol. The highest BCUT2D eigenvalue weighted by Gasteiger charge is 2.27. The van der Waals surface area contributed by atoms with Crippen molar-refractivity contribution in [2.24, 2.45) is 5.92 Å². The lowest BCUT2D eigenvalue weighted by molar-refractivity contribution is 0.0571. The molecule has 0 aliphatic carbocycles. The number of aryl methyl sites for hydroxylation is 1. The van der Waals surface area contributed by atoms with Gasteiger partial charge >= 0.3 is 0 Å². The Balaban J connectivity index is 1.99. The number of nitrogens with zero attached hydrogens (tertiary/aromatic N) is 4. The van der Waals surface area contributed by atoms with Crippen LogP contribution < -0.4 is 0 Å². The van der Waals surface area contributed by atoms with Crippen molar-refractivity contribution in [3.05, 3.63) is 18.0 Å². The number of likely N-dealkylation sites (N-methyl/N-ethyl adjacent to an activating group) is 1. The third-order valence-corrected chi connectivity index (χ3v) is 4.03. The molecule has 1 aromatic heterocycles. The number of piperazine rings is 1. The standard InChI is InChI=1S/C15H28N4/c1-5-6-19-11-14(9-16-19)10-18-8-7-17(4)12-15(18)13(2)3/h9,11,13,15H,5-8,10,12H2,1-4H3. The molecule has 4 nitrogen and oxygen atoms in total. The van der Waals surface area contributed by atoms with Gasteiger partial charge in [0.25, 0.3) is 0 Å². The van der Waals surface area contributed by atoms with E-state index in [1.807, 2.05) is 6.20 Å². The molecule has 2 rings (SSSR count). The van der Waals surface area contributed by atoms with Gasteiger partial charge in [0, 0.05) is 50.5 Å². The lowest BCUT2D eigenvalue weighted by Gasteiger charge is -2.42. The summed E-state index contributed by atoms with van der Waals surface area (Å²) in [4.78, 5) is 5.07. The molecule has 1 atom stereocenters. The summed E-state index contributed by atoms with van der Waals surface area (Å²) in [6, 6.07) is 0.660. The molecule has 19 heavy (non-hydrogen) atoms. The van der Waals surface area contributed by atoms with Gasteiger partial charge in [0.1, 0.15) is 0 Å². The number of hydrogen-bond acceptors (Lipinski definition) is 3. The van der Waals surface area contributed by atoms with Gasteiger partial charge in [0.2, 0.25) is 0 Å². The van der Waals surface area contributed by atoms with E-state index in [4.69, 9.17) is 0 Å². The molecule has 0 bridgehead atoms. The minimum atomic E-state index is 0.660. The maximum Gasteiger partial charge on any atom is 0.0534 e. The van der Waals surface area contributed by atoms with Crippen LogP contribution in [-0.4, -0.2) is 52.3 Å². The molecule has 0 radical (unpaired) electrons. The maximum atomic E-state index is 4.44. The molecule has 0 amide bonds. The molecule has 1 fully saturated rings. The summed E-state index contributed by atoms with van der Waals surface area (Å²) in [5.41, 5.74) is 1.35. The SMILES string of the molecule is CCCn1cc(CN2CCN(C)CC2C(C)C)cn1. The van der Waals surface area contributed by atoms with Crippen molar-refractivity contribution in [1.82, 2.24) is 19.6 Å². The normalized spacial score (nSPS) is 22.3. The van der Waals surface area contributed by atoms with E-state index < -0.39 is 0 Å². The second-order valence-electron chi connectivity index (χ2n) is 6.16. The molecule has 2 heterocycles. The molecule has 1 aliphatic heterocycles. The average Bonchev–Trinajstić information content (AvgIpc) is 2.79. The van der Waals surface area contributed by atoms with Crippen LogP contribution in [-0.2, 0) is 13.1 Å². The van der Waals surface area contributed by atoms with Gasteiger partial charge < -0.3 is 4.90 Å². The molecule has 4 heteroatoms. The van der Waals surface area contributed by atoms with Crippen molar-refractivity contribution in [1.29, 1.82) is 0 Å². The fraction of sp³-hybridized carbons (Fsp3) is 0.800. The fourth-order valence-corrected chi connectivity index (χ4v) is 2.89. The van der Waals surface area contributed by atoms with Gasteiger partial charge in [-0.25, -0.2) is 0 Å². The smallest absolute Gasteiger partial charge is 0.0534 e. The van der Waals surface area contributed by atoms with Crippen LogP contribution >= 0.6 is 0 Å². The molecule has 1 aliphatic rings. The van der Waals surface area contributed by atoms with Gasteiger partial charge in [-0.1, -0.05) is 20.8 Å². The largest absolute Gasteiger partial charge is 0.304 e. The Kier molecular flexibility index (Phi) is 4.99. The van der Waals surface area contributed by atoms with Crippen LogP contribution in [0.3, 0.4) is 0 Å². The molecule has 0 aromatic carbocycles. The summed E-state index contributed by atoms with van der Waals surface area (Å²) < 4.78 is 2.07. The lowest BCUT2D eigenvalue weighted by Crippen LogP contribution is -2.53. The molecule has 0 spiro atoms. The van der Waals surface area contributed by atoms with E-state index in [-0.39, 0.29) is 0 Å². The van der Waals surface area contributed by atoms with E-state index in [1.54, 1.807) is 0 Å². The summed E-state index contributed by atoms with van der Waals surface area (Å²) in [7, 11) is 2.23. The summed E-state index contributed by atoms with van der Waals surface area (Å²) in [5.74, 6) is 0.702. The Bertz CT molecular complexity index is 385. The monoisotopic (exact) mass is 264 g/mol. The van der Waals surface area contributed by atoms with Crippen molar-refractivity contribution in [2.45, 2.75) is 46.3 Å². The van der Waals surface area contributed by atoms with Crippen LogP contribution in [0.1, 0.15) is 32.8 Å². The van der Waals surface area contributed by atoms with Gasteiger partial charge in [0.15, 0.2) is 0 Å². The Morgan fingerprint density at radius 1 is 1.37 bits per heavy atom. The summed E-state index contributed by atoms with van der Waals surface area (Å²) in [6.07, 6.45) is 5.38. The summed E-state index contributed by atoms with van der Waals surface area (Å²) in [5, 5.41) is 4.44. The predicted octanol–water partition coefficient (Wildman–Crippen LogP) is 2.07. The lowest BCUT2D eigenvalue weighted by atomic mass is 9.99. The van der Waals surface area contributed by atoms with E-state index in [2.05, 4.69) is 53.6 Å². The van der Waals surface area contributed by atoms with Gasteiger partial charge in [-0.2, -0.15) is 5.10 Å². The molecule has 1 unspecified atom stereocenters. The van der Waals surface area contributed by atoms with Crippen LogP contribution in [0.15, 0.2) is 12.4 Å². The number of rotatable bonds is 5. The van der Waals surface area contributed by atoms with Crippen molar-refractivity contribution >= 4 is 0 Å². The molecule has 0 N–H and O–H groups in total. The van der Waals surface area contributed by atoms with Crippen molar-refractivity contribution in [3.63, 3.8) is 0 Å². The third kappa shape index (κ3) is 3.80. The minimum absolute atomic E-state index is 0.660.